The van der Waals surface area contributed by atoms with Crippen LogP contribution in [0.25, 0.3) is 0 Å². The van der Waals surface area contributed by atoms with Crippen molar-refractivity contribution in [2.24, 2.45) is 7.05 Å². The summed E-state index contributed by atoms with van der Waals surface area (Å²) >= 11 is 1.61. The van der Waals surface area contributed by atoms with Crippen LogP contribution in [0.2, 0.25) is 0 Å². The van der Waals surface area contributed by atoms with Crippen LogP contribution >= 0.6 is 11.3 Å². The van der Waals surface area contributed by atoms with Crippen molar-refractivity contribution in [1.82, 2.24) is 24.5 Å². The molecular formula is C18H21N5O2S. The van der Waals surface area contributed by atoms with Crippen LogP contribution in [0, 0.1) is 0 Å². The summed E-state index contributed by atoms with van der Waals surface area (Å²) in [6, 6.07) is 5.67. The Morgan fingerprint density at radius 3 is 3.00 bits per heavy atom. The van der Waals surface area contributed by atoms with Crippen LogP contribution in [0.15, 0.2) is 35.2 Å². The first-order valence-electron chi connectivity index (χ1n) is 8.63. The number of thiophene rings is 1. The first kappa shape index (κ1) is 17.0. The smallest absolute Gasteiger partial charge is 0.227 e. The van der Waals surface area contributed by atoms with Crippen molar-refractivity contribution >= 4 is 17.2 Å². The third kappa shape index (κ3) is 3.30. The standard InChI is InChI=1S/C18H21N5O2S/c1-21-16(3-5-19-21)18(25)15-10-14-11-22(6-2-7-23(14)20-15)17(24)9-13-4-8-26-12-13/h3-5,8,10,12,18,25H,2,6-7,9,11H2,1H3. The molecule has 1 unspecified atom stereocenters. The Morgan fingerprint density at radius 1 is 1.38 bits per heavy atom. The van der Waals surface area contributed by atoms with Crippen LogP contribution in [0.1, 0.15) is 35.2 Å². The molecule has 3 aromatic heterocycles. The molecule has 1 atom stereocenters. The first-order valence-corrected chi connectivity index (χ1v) is 9.57. The van der Waals surface area contributed by atoms with Gasteiger partial charge >= 0.3 is 0 Å². The Morgan fingerprint density at radius 2 is 2.27 bits per heavy atom. The van der Waals surface area contributed by atoms with Gasteiger partial charge in [0.15, 0.2) is 0 Å². The van der Waals surface area contributed by atoms with Crippen molar-refractivity contribution in [2.45, 2.75) is 32.0 Å². The Labute approximate surface area is 155 Å². The zero-order valence-corrected chi connectivity index (χ0v) is 15.4. The van der Waals surface area contributed by atoms with Gasteiger partial charge in [-0.3, -0.25) is 14.2 Å². The van der Waals surface area contributed by atoms with Gasteiger partial charge in [0.05, 0.1) is 30.0 Å². The van der Waals surface area contributed by atoms with Crippen molar-refractivity contribution in [3.63, 3.8) is 0 Å². The van der Waals surface area contributed by atoms with Crippen LogP contribution in [-0.2, 0) is 31.4 Å². The quantitative estimate of drug-likeness (QED) is 0.758. The van der Waals surface area contributed by atoms with E-state index < -0.39 is 6.10 Å². The van der Waals surface area contributed by atoms with E-state index in [2.05, 4.69) is 10.2 Å². The molecule has 0 saturated heterocycles. The van der Waals surface area contributed by atoms with E-state index in [9.17, 15) is 9.90 Å². The molecule has 0 aromatic carbocycles. The van der Waals surface area contributed by atoms with E-state index >= 15 is 0 Å². The SMILES string of the molecule is Cn1nccc1C(O)c1cc2n(n1)CCCN(C(=O)Cc1ccsc1)C2. The van der Waals surface area contributed by atoms with Gasteiger partial charge in [0.25, 0.3) is 0 Å². The number of hydrogen-bond acceptors (Lipinski definition) is 5. The van der Waals surface area contributed by atoms with Gasteiger partial charge in [0, 0.05) is 26.3 Å². The number of amides is 1. The van der Waals surface area contributed by atoms with Crippen molar-refractivity contribution in [2.75, 3.05) is 6.54 Å². The number of hydrogen-bond donors (Lipinski definition) is 1. The third-order valence-electron chi connectivity index (χ3n) is 4.74. The molecule has 8 heteroatoms. The number of aliphatic hydroxyl groups excluding tert-OH is 1. The average Bonchev–Trinajstić information content (AvgIpc) is 3.34. The Hall–Kier alpha value is -2.45. The monoisotopic (exact) mass is 371 g/mol. The van der Waals surface area contributed by atoms with Crippen molar-refractivity contribution in [3.8, 4) is 0 Å². The highest BCUT2D eigenvalue weighted by Crippen LogP contribution is 2.23. The molecule has 1 amide bonds. The lowest BCUT2D eigenvalue weighted by atomic mass is 10.1. The van der Waals surface area contributed by atoms with Gasteiger partial charge in [-0.1, -0.05) is 0 Å². The summed E-state index contributed by atoms with van der Waals surface area (Å²) in [5.41, 5.74) is 3.31. The normalized spacial score (nSPS) is 15.5. The average molecular weight is 371 g/mol. The fourth-order valence-electron chi connectivity index (χ4n) is 3.31. The van der Waals surface area contributed by atoms with Gasteiger partial charge in [-0.05, 0) is 40.9 Å². The van der Waals surface area contributed by atoms with Gasteiger partial charge in [-0.15, -0.1) is 0 Å². The molecule has 7 nitrogen and oxygen atoms in total. The zero-order valence-electron chi connectivity index (χ0n) is 14.6. The molecule has 26 heavy (non-hydrogen) atoms. The molecule has 136 valence electrons. The van der Waals surface area contributed by atoms with Crippen LogP contribution in [0.5, 0.6) is 0 Å². The number of aromatic nitrogens is 4. The molecule has 4 rings (SSSR count). The molecular weight excluding hydrogens is 350 g/mol. The fraction of sp³-hybridized carbons (Fsp3) is 0.389. The molecule has 1 aliphatic rings. The number of aliphatic hydroxyl groups is 1. The minimum atomic E-state index is -0.822. The second kappa shape index (κ2) is 7.05. The maximum Gasteiger partial charge on any atom is 0.227 e. The number of nitrogens with zero attached hydrogens (tertiary/aromatic N) is 5. The lowest BCUT2D eigenvalue weighted by molar-refractivity contribution is -0.131. The lowest BCUT2D eigenvalue weighted by Crippen LogP contribution is -2.31. The molecule has 0 saturated carbocycles. The molecule has 0 fully saturated rings. The van der Waals surface area contributed by atoms with E-state index in [4.69, 9.17) is 0 Å². The molecule has 3 aromatic rings. The fourth-order valence-corrected chi connectivity index (χ4v) is 3.98. The second-order valence-corrected chi connectivity index (χ2v) is 7.32. The van der Waals surface area contributed by atoms with Crippen molar-refractivity contribution in [3.05, 3.63) is 57.8 Å². The van der Waals surface area contributed by atoms with Gasteiger partial charge in [-0.2, -0.15) is 21.5 Å². The summed E-state index contributed by atoms with van der Waals surface area (Å²) in [6.07, 6.45) is 2.12. The summed E-state index contributed by atoms with van der Waals surface area (Å²) in [5.74, 6) is 0.131. The maximum absolute atomic E-state index is 12.6. The van der Waals surface area contributed by atoms with Crippen LogP contribution in [0.4, 0.5) is 0 Å². The Balaban J connectivity index is 1.52. The predicted octanol–water partition coefficient (Wildman–Crippen LogP) is 1.73. The number of carbonyl (C=O) groups is 1. The van der Waals surface area contributed by atoms with E-state index in [0.29, 0.717) is 24.4 Å². The summed E-state index contributed by atoms with van der Waals surface area (Å²) in [6.45, 7) is 2.00. The largest absolute Gasteiger partial charge is 0.380 e. The molecule has 1 aliphatic heterocycles. The van der Waals surface area contributed by atoms with Gasteiger partial charge in [0.1, 0.15) is 6.10 Å². The Kier molecular flexibility index (Phi) is 4.60. The summed E-state index contributed by atoms with van der Waals surface area (Å²) < 4.78 is 3.55. The highest BCUT2D eigenvalue weighted by Gasteiger charge is 2.24. The van der Waals surface area contributed by atoms with E-state index in [1.54, 1.807) is 35.3 Å². The van der Waals surface area contributed by atoms with Gasteiger partial charge < -0.3 is 10.0 Å². The van der Waals surface area contributed by atoms with Gasteiger partial charge in [-0.25, -0.2) is 0 Å². The van der Waals surface area contributed by atoms with E-state index in [1.165, 1.54) is 0 Å². The molecule has 0 spiro atoms. The summed E-state index contributed by atoms with van der Waals surface area (Å²) in [5, 5.41) is 23.3. The number of rotatable bonds is 4. The molecule has 0 aliphatic carbocycles. The highest BCUT2D eigenvalue weighted by atomic mass is 32.1. The van der Waals surface area contributed by atoms with Crippen LogP contribution in [0.3, 0.4) is 0 Å². The van der Waals surface area contributed by atoms with Crippen LogP contribution in [-0.4, -0.2) is 42.0 Å². The minimum absolute atomic E-state index is 0.131. The van der Waals surface area contributed by atoms with Crippen molar-refractivity contribution in [1.29, 1.82) is 0 Å². The second-order valence-electron chi connectivity index (χ2n) is 6.54. The van der Waals surface area contributed by atoms with Crippen LogP contribution < -0.4 is 0 Å². The van der Waals surface area contributed by atoms with E-state index in [-0.39, 0.29) is 5.91 Å². The topological polar surface area (TPSA) is 76.2 Å². The third-order valence-corrected chi connectivity index (χ3v) is 5.47. The lowest BCUT2D eigenvalue weighted by Gasteiger charge is -2.19. The molecule has 0 radical (unpaired) electrons. The number of fused-ring (bicyclic) bond motifs is 1. The minimum Gasteiger partial charge on any atom is -0.380 e. The Bertz CT molecular complexity index is 899. The molecule has 0 bridgehead atoms. The number of carbonyl (C=O) groups excluding carboxylic acids is 1. The summed E-state index contributed by atoms with van der Waals surface area (Å²) in [7, 11) is 1.80. The summed E-state index contributed by atoms with van der Waals surface area (Å²) in [4.78, 5) is 14.5. The van der Waals surface area contributed by atoms with Gasteiger partial charge in [0.2, 0.25) is 5.91 Å². The van der Waals surface area contributed by atoms with E-state index in [0.717, 1.165) is 30.8 Å². The molecule has 4 heterocycles. The van der Waals surface area contributed by atoms with Crippen molar-refractivity contribution < 1.29 is 9.90 Å². The number of aryl methyl sites for hydroxylation is 2. The molecule has 1 N–H and O–H groups in total. The first-order chi connectivity index (χ1) is 12.6. The zero-order chi connectivity index (χ0) is 18.1. The maximum atomic E-state index is 12.6. The van der Waals surface area contributed by atoms with E-state index in [1.807, 2.05) is 32.5 Å². The highest BCUT2D eigenvalue weighted by molar-refractivity contribution is 7.08. The predicted molar refractivity (Wildman–Crippen MR) is 97.6 cm³/mol.